The second-order valence-corrected chi connectivity index (χ2v) is 10.6. The van der Waals surface area contributed by atoms with Gasteiger partial charge in [-0.15, -0.1) is 0 Å². The predicted molar refractivity (Wildman–Crippen MR) is 153 cm³/mol. The van der Waals surface area contributed by atoms with Crippen LogP contribution in [0.1, 0.15) is 45.8 Å². The summed E-state index contributed by atoms with van der Waals surface area (Å²) in [6, 6.07) is 30.8. The molecule has 0 atom stereocenters. The number of likely N-dealkylation sites (tertiary alicyclic amines) is 1. The summed E-state index contributed by atoms with van der Waals surface area (Å²) in [4.78, 5) is 17.8. The first-order valence-electron chi connectivity index (χ1n) is 14.0. The van der Waals surface area contributed by atoms with E-state index < -0.39 is 0 Å². The number of ether oxygens (including phenoxy) is 2. The Bertz CT molecular complexity index is 1400. The molecule has 2 aliphatic rings. The minimum Gasteiger partial charge on any atom is -0.455 e. The highest BCUT2D eigenvalue weighted by molar-refractivity contribution is 5.91. The average molecular weight is 538 g/mol. The highest BCUT2D eigenvalue weighted by Gasteiger charge is 2.23. The van der Waals surface area contributed by atoms with Gasteiger partial charge in [0.2, 0.25) is 6.79 Å². The molecule has 0 bridgehead atoms. The summed E-state index contributed by atoms with van der Waals surface area (Å²) >= 11 is 0. The van der Waals surface area contributed by atoms with Crippen molar-refractivity contribution in [1.29, 1.82) is 0 Å². The van der Waals surface area contributed by atoms with Gasteiger partial charge in [-0.3, -0.25) is 14.6 Å². The van der Waals surface area contributed by atoms with Crippen molar-refractivity contribution in [2.75, 3.05) is 19.9 Å². The molecule has 2 aliphatic heterocycles. The van der Waals surface area contributed by atoms with Gasteiger partial charge >= 0.3 is 0 Å². The molecule has 1 fully saturated rings. The van der Waals surface area contributed by atoms with Crippen LogP contribution >= 0.6 is 0 Å². The lowest BCUT2D eigenvalue weighted by molar-refractivity contribution is 0.0876. The van der Waals surface area contributed by atoms with Crippen LogP contribution in [-0.2, 0) is 26.2 Å². The lowest BCUT2D eigenvalue weighted by Crippen LogP contribution is -2.44. The molecule has 206 valence electrons. The summed E-state index contributed by atoms with van der Waals surface area (Å²) in [5.74, 6) is 2.55. The second kappa shape index (κ2) is 12.4. The van der Waals surface area contributed by atoms with Gasteiger partial charge in [-0.05, 0) is 53.8 Å². The van der Waals surface area contributed by atoms with Gasteiger partial charge in [0.25, 0.3) is 5.91 Å². The number of benzene rings is 3. The van der Waals surface area contributed by atoms with Crippen molar-refractivity contribution < 1.29 is 18.7 Å². The normalized spacial score (nSPS) is 15.4. The first-order valence-corrected chi connectivity index (χ1v) is 14.0. The van der Waals surface area contributed by atoms with Crippen molar-refractivity contribution in [3.05, 3.63) is 119 Å². The molecule has 7 nitrogen and oxygen atoms in total. The highest BCUT2D eigenvalue weighted by atomic mass is 16.7. The Hall–Kier alpha value is -4.07. The number of furan rings is 1. The lowest BCUT2D eigenvalue weighted by atomic mass is 10.0. The van der Waals surface area contributed by atoms with Crippen LogP contribution in [0.2, 0.25) is 0 Å². The van der Waals surface area contributed by atoms with E-state index >= 15 is 0 Å². The molecular weight excluding hydrogens is 502 g/mol. The van der Waals surface area contributed by atoms with Crippen molar-refractivity contribution in [2.45, 2.75) is 45.1 Å². The molecule has 6 rings (SSSR count). The van der Waals surface area contributed by atoms with E-state index in [9.17, 15) is 4.79 Å². The highest BCUT2D eigenvalue weighted by Crippen LogP contribution is 2.33. The van der Waals surface area contributed by atoms with Gasteiger partial charge in [-0.2, -0.15) is 0 Å². The smallest absolute Gasteiger partial charge is 0.287 e. The van der Waals surface area contributed by atoms with Crippen molar-refractivity contribution in [3.8, 4) is 11.5 Å². The molecular formula is C33H35N3O4. The van der Waals surface area contributed by atoms with Crippen LogP contribution in [0.3, 0.4) is 0 Å². The summed E-state index contributed by atoms with van der Waals surface area (Å²) in [6.07, 6.45) is 1.87. The SMILES string of the molecule is O=C(NC1CCN(Cc2ccccc2)CC1)c1ccc(CN(Cc2ccccc2)Cc2ccc3c(c2)OCO3)o1. The van der Waals surface area contributed by atoms with Crippen LogP contribution in [0, 0.1) is 0 Å². The second-order valence-electron chi connectivity index (χ2n) is 10.6. The average Bonchev–Trinajstić information content (AvgIpc) is 3.65. The lowest BCUT2D eigenvalue weighted by Gasteiger charge is -2.32. The van der Waals surface area contributed by atoms with Crippen molar-refractivity contribution in [2.24, 2.45) is 0 Å². The first kappa shape index (κ1) is 26.2. The molecule has 0 unspecified atom stereocenters. The summed E-state index contributed by atoms with van der Waals surface area (Å²) < 4.78 is 17.1. The summed E-state index contributed by atoms with van der Waals surface area (Å²) in [5.41, 5.74) is 3.67. The molecule has 0 radical (unpaired) electrons. The molecule has 1 amide bonds. The maximum Gasteiger partial charge on any atom is 0.287 e. The number of nitrogens with one attached hydrogen (secondary N) is 1. The summed E-state index contributed by atoms with van der Waals surface area (Å²) in [5, 5.41) is 3.19. The van der Waals surface area contributed by atoms with E-state index in [0.717, 1.165) is 61.8 Å². The van der Waals surface area contributed by atoms with E-state index in [2.05, 4.69) is 69.7 Å². The van der Waals surface area contributed by atoms with E-state index in [1.807, 2.05) is 30.3 Å². The van der Waals surface area contributed by atoms with Crippen LogP contribution in [0.5, 0.6) is 11.5 Å². The Balaban J connectivity index is 1.05. The third-order valence-corrected chi connectivity index (χ3v) is 7.53. The van der Waals surface area contributed by atoms with Gasteiger partial charge in [-0.1, -0.05) is 66.7 Å². The zero-order valence-electron chi connectivity index (χ0n) is 22.6. The monoisotopic (exact) mass is 537 g/mol. The number of nitrogens with zero attached hydrogens (tertiary/aromatic N) is 2. The quantitative estimate of drug-likeness (QED) is 0.284. The van der Waals surface area contributed by atoms with Crippen molar-refractivity contribution in [3.63, 3.8) is 0 Å². The Labute approximate surface area is 235 Å². The van der Waals surface area contributed by atoms with E-state index in [0.29, 0.717) is 18.8 Å². The Morgan fingerprint density at radius 3 is 2.25 bits per heavy atom. The number of rotatable bonds is 10. The molecule has 40 heavy (non-hydrogen) atoms. The molecule has 0 saturated carbocycles. The fraction of sp³-hybridized carbons (Fsp3) is 0.303. The summed E-state index contributed by atoms with van der Waals surface area (Å²) in [6.45, 7) is 5.18. The molecule has 1 saturated heterocycles. The molecule has 0 spiro atoms. The number of hydrogen-bond acceptors (Lipinski definition) is 6. The van der Waals surface area contributed by atoms with Crippen LogP contribution < -0.4 is 14.8 Å². The Morgan fingerprint density at radius 2 is 1.48 bits per heavy atom. The predicted octanol–water partition coefficient (Wildman–Crippen LogP) is 5.61. The number of hydrogen-bond donors (Lipinski definition) is 1. The molecule has 3 heterocycles. The van der Waals surface area contributed by atoms with Gasteiger partial charge in [0.1, 0.15) is 5.76 Å². The number of amides is 1. The van der Waals surface area contributed by atoms with Crippen LogP contribution in [0.25, 0.3) is 0 Å². The van der Waals surface area contributed by atoms with Crippen LogP contribution in [0.4, 0.5) is 0 Å². The van der Waals surface area contributed by atoms with E-state index in [-0.39, 0.29) is 18.7 Å². The fourth-order valence-corrected chi connectivity index (χ4v) is 5.45. The van der Waals surface area contributed by atoms with Gasteiger partial charge in [0.05, 0.1) is 6.54 Å². The maximum atomic E-state index is 13.0. The molecule has 7 heteroatoms. The molecule has 1 aromatic heterocycles. The van der Waals surface area contributed by atoms with Crippen molar-refractivity contribution >= 4 is 5.91 Å². The maximum absolute atomic E-state index is 13.0. The Morgan fingerprint density at radius 1 is 0.775 bits per heavy atom. The minimum atomic E-state index is -0.141. The van der Waals surface area contributed by atoms with Gasteiger partial charge in [0, 0.05) is 38.8 Å². The van der Waals surface area contributed by atoms with Crippen LogP contribution in [-0.4, -0.2) is 41.6 Å². The standard InChI is InChI=1S/C33H35N3O4/c37-33(34-28-15-17-35(18-16-28)20-25-7-3-1-4-8-25)31-14-12-29(40-31)23-36(21-26-9-5-2-6-10-26)22-27-11-13-30-32(19-27)39-24-38-30/h1-14,19,28H,15-18,20-24H2,(H,34,37). The number of carbonyl (C=O) groups is 1. The third kappa shape index (κ3) is 6.73. The van der Waals surface area contributed by atoms with E-state index in [1.165, 1.54) is 11.1 Å². The van der Waals surface area contributed by atoms with Crippen LogP contribution in [0.15, 0.2) is 95.4 Å². The van der Waals surface area contributed by atoms with E-state index in [4.69, 9.17) is 13.9 Å². The first-order chi connectivity index (χ1) is 19.7. The summed E-state index contributed by atoms with van der Waals surface area (Å²) in [7, 11) is 0. The number of carbonyl (C=O) groups excluding carboxylic acids is 1. The van der Waals surface area contributed by atoms with Crippen molar-refractivity contribution in [1.82, 2.24) is 15.1 Å². The molecule has 0 aliphatic carbocycles. The molecule has 4 aromatic rings. The van der Waals surface area contributed by atoms with E-state index in [1.54, 1.807) is 6.07 Å². The topological polar surface area (TPSA) is 67.2 Å². The zero-order chi connectivity index (χ0) is 27.1. The number of fused-ring (bicyclic) bond motifs is 1. The molecule has 3 aromatic carbocycles. The third-order valence-electron chi connectivity index (χ3n) is 7.53. The van der Waals surface area contributed by atoms with Gasteiger partial charge in [0.15, 0.2) is 17.3 Å². The number of piperidine rings is 1. The van der Waals surface area contributed by atoms with Gasteiger partial charge < -0.3 is 19.2 Å². The Kier molecular flexibility index (Phi) is 8.12. The fourth-order valence-electron chi connectivity index (χ4n) is 5.45. The minimum absolute atomic E-state index is 0.141. The largest absolute Gasteiger partial charge is 0.455 e. The van der Waals surface area contributed by atoms with Gasteiger partial charge in [-0.25, -0.2) is 0 Å². The zero-order valence-corrected chi connectivity index (χ0v) is 22.6. The molecule has 1 N–H and O–H groups in total.